The van der Waals surface area contributed by atoms with E-state index in [0.717, 1.165) is 10.2 Å². The minimum absolute atomic E-state index is 0.205. The monoisotopic (exact) mass is 294 g/mol. The molecule has 0 fully saturated rings. The Kier molecular flexibility index (Phi) is 3.28. The molecule has 88 valence electrons. The van der Waals surface area contributed by atoms with Gasteiger partial charge in [0.15, 0.2) is 0 Å². The van der Waals surface area contributed by atoms with E-state index in [-0.39, 0.29) is 5.91 Å². The fourth-order valence-electron chi connectivity index (χ4n) is 1.53. The molecule has 0 radical (unpaired) electrons. The van der Waals surface area contributed by atoms with Gasteiger partial charge in [0.05, 0.1) is 5.69 Å². The second-order valence-corrected chi connectivity index (χ2v) is 4.58. The summed E-state index contributed by atoms with van der Waals surface area (Å²) < 4.78 is 5.92. The Morgan fingerprint density at radius 3 is 2.47 bits per heavy atom. The van der Waals surface area contributed by atoms with Gasteiger partial charge in [-0.2, -0.15) is 0 Å². The summed E-state index contributed by atoms with van der Waals surface area (Å²) in [6, 6.07) is 7.37. The first kappa shape index (κ1) is 11.9. The molecule has 0 saturated carbocycles. The van der Waals surface area contributed by atoms with Crippen molar-refractivity contribution in [3.63, 3.8) is 0 Å². The molecule has 1 aromatic heterocycles. The number of aromatic nitrogens is 1. The molecular weight excluding hydrogens is 284 g/mol. The van der Waals surface area contributed by atoms with Crippen LogP contribution in [0.3, 0.4) is 0 Å². The number of hydrogen-bond acceptors (Lipinski definition) is 3. The number of nitrogens with one attached hydrogen (secondary N) is 1. The number of benzene rings is 1. The van der Waals surface area contributed by atoms with Crippen LogP contribution in [0.4, 0.5) is 5.69 Å². The number of aryl methyl sites for hydroxylation is 2. The van der Waals surface area contributed by atoms with Gasteiger partial charge in [-0.15, -0.1) is 0 Å². The molecule has 5 heteroatoms. The van der Waals surface area contributed by atoms with Crippen LogP contribution in [0.2, 0.25) is 0 Å². The van der Waals surface area contributed by atoms with Crippen LogP contribution in [0.15, 0.2) is 33.3 Å². The average molecular weight is 295 g/mol. The predicted octanol–water partition coefficient (Wildman–Crippen LogP) is 3.31. The van der Waals surface area contributed by atoms with E-state index in [4.69, 9.17) is 4.52 Å². The quantitative estimate of drug-likeness (QED) is 0.924. The lowest BCUT2D eigenvalue weighted by atomic mass is 10.2. The van der Waals surface area contributed by atoms with E-state index in [0.29, 0.717) is 17.0 Å². The van der Waals surface area contributed by atoms with Crippen LogP contribution in [-0.4, -0.2) is 11.1 Å². The van der Waals surface area contributed by atoms with Crippen molar-refractivity contribution < 1.29 is 9.32 Å². The summed E-state index contributed by atoms with van der Waals surface area (Å²) >= 11 is 3.34. The normalized spacial score (nSPS) is 10.3. The highest BCUT2D eigenvalue weighted by molar-refractivity contribution is 9.10. The third kappa shape index (κ3) is 2.55. The van der Waals surface area contributed by atoms with Crippen molar-refractivity contribution in [1.82, 2.24) is 5.16 Å². The molecule has 2 aromatic rings. The van der Waals surface area contributed by atoms with Gasteiger partial charge in [0.1, 0.15) is 11.3 Å². The molecule has 0 saturated heterocycles. The highest BCUT2D eigenvalue weighted by atomic mass is 79.9. The Hall–Kier alpha value is -1.62. The first-order valence-corrected chi connectivity index (χ1v) is 5.87. The first-order chi connectivity index (χ1) is 8.08. The highest BCUT2D eigenvalue weighted by Gasteiger charge is 2.17. The van der Waals surface area contributed by atoms with Crippen LogP contribution >= 0.6 is 15.9 Å². The SMILES string of the molecule is Cc1noc(C)c1C(=O)Nc1ccc(Br)cc1. The standard InChI is InChI=1S/C12H11BrN2O2/c1-7-11(8(2)17-15-7)12(16)14-10-5-3-9(13)4-6-10/h3-6H,1-2H3,(H,14,16). The number of amides is 1. The van der Waals surface area contributed by atoms with E-state index in [1.165, 1.54) is 0 Å². The summed E-state index contributed by atoms with van der Waals surface area (Å²) in [6.07, 6.45) is 0. The fraction of sp³-hybridized carbons (Fsp3) is 0.167. The lowest BCUT2D eigenvalue weighted by molar-refractivity contribution is 0.102. The molecule has 0 aliphatic heterocycles. The van der Waals surface area contributed by atoms with Gasteiger partial charge in [-0.3, -0.25) is 4.79 Å². The molecule has 0 aliphatic carbocycles. The van der Waals surface area contributed by atoms with Crippen molar-refractivity contribution in [1.29, 1.82) is 0 Å². The third-order valence-corrected chi connectivity index (χ3v) is 2.89. The summed E-state index contributed by atoms with van der Waals surface area (Å²) in [4.78, 5) is 12.0. The van der Waals surface area contributed by atoms with E-state index < -0.39 is 0 Å². The Balaban J connectivity index is 2.20. The maximum Gasteiger partial charge on any atom is 0.261 e. The van der Waals surface area contributed by atoms with Crippen molar-refractivity contribution in [2.24, 2.45) is 0 Å². The van der Waals surface area contributed by atoms with Crippen molar-refractivity contribution in [2.45, 2.75) is 13.8 Å². The van der Waals surface area contributed by atoms with E-state index in [9.17, 15) is 4.79 Å². The number of rotatable bonds is 2. The number of hydrogen-bond donors (Lipinski definition) is 1. The molecular formula is C12H11BrN2O2. The number of nitrogens with zero attached hydrogens (tertiary/aromatic N) is 1. The predicted molar refractivity (Wildman–Crippen MR) is 68.1 cm³/mol. The Morgan fingerprint density at radius 2 is 1.94 bits per heavy atom. The summed E-state index contributed by atoms with van der Waals surface area (Å²) in [5.74, 6) is 0.320. The molecule has 0 atom stereocenters. The van der Waals surface area contributed by atoms with Gasteiger partial charge in [-0.05, 0) is 38.1 Å². The molecule has 0 aliphatic rings. The third-order valence-electron chi connectivity index (χ3n) is 2.36. The Labute approximate surface area is 107 Å². The van der Waals surface area contributed by atoms with Crippen LogP contribution in [0.1, 0.15) is 21.8 Å². The summed E-state index contributed by atoms with van der Waals surface area (Å²) in [6.45, 7) is 3.46. The maximum absolute atomic E-state index is 12.0. The summed E-state index contributed by atoms with van der Waals surface area (Å²) in [7, 11) is 0. The fourth-order valence-corrected chi connectivity index (χ4v) is 1.80. The summed E-state index contributed by atoms with van der Waals surface area (Å²) in [5, 5.41) is 6.54. The zero-order valence-electron chi connectivity index (χ0n) is 9.45. The van der Waals surface area contributed by atoms with Crippen LogP contribution in [0, 0.1) is 13.8 Å². The molecule has 2 rings (SSSR count). The molecule has 0 unspecified atom stereocenters. The molecule has 1 aromatic carbocycles. The molecule has 17 heavy (non-hydrogen) atoms. The lowest BCUT2D eigenvalue weighted by Gasteiger charge is -2.04. The van der Waals surface area contributed by atoms with Crippen molar-refractivity contribution in [2.75, 3.05) is 5.32 Å². The number of carbonyl (C=O) groups excluding carboxylic acids is 1. The van der Waals surface area contributed by atoms with E-state index >= 15 is 0 Å². The van der Waals surface area contributed by atoms with Gasteiger partial charge in [0.2, 0.25) is 0 Å². The largest absolute Gasteiger partial charge is 0.361 e. The topological polar surface area (TPSA) is 55.1 Å². The van der Waals surface area contributed by atoms with Gasteiger partial charge in [-0.1, -0.05) is 21.1 Å². The lowest BCUT2D eigenvalue weighted by Crippen LogP contribution is -2.13. The smallest absolute Gasteiger partial charge is 0.261 e. The summed E-state index contributed by atoms with van der Waals surface area (Å²) in [5.41, 5.74) is 1.82. The minimum atomic E-state index is -0.205. The van der Waals surface area contributed by atoms with Crippen LogP contribution in [0.5, 0.6) is 0 Å². The second kappa shape index (κ2) is 4.71. The number of anilines is 1. The zero-order chi connectivity index (χ0) is 12.4. The average Bonchev–Trinajstić information content (AvgIpc) is 2.62. The van der Waals surface area contributed by atoms with Gasteiger partial charge in [0.25, 0.3) is 5.91 Å². The minimum Gasteiger partial charge on any atom is -0.361 e. The molecule has 0 spiro atoms. The zero-order valence-corrected chi connectivity index (χ0v) is 11.0. The van der Waals surface area contributed by atoms with Crippen LogP contribution < -0.4 is 5.32 Å². The van der Waals surface area contributed by atoms with Crippen LogP contribution in [-0.2, 0) is 0 Å². The number of carbonyl (C=O) groups is 1. The Morgan fingerprint density at radius 1 is 1.29 bits per heavy atom. The van der Waals surface area contributed by atoms with Gasteiger partial charge >= 0.3 is 0 Å². The molecule has 4 nitrogen and oxygen atoms in total. The van der Waals surface area contributed by atoms with Crippen molar-refractivity contribution in [3.05, 3.63) is 45.8 Å². The van der Waals surface area contributed by atoms with Gasteiger partial charge < -0.3 is 9.84 Å². The molecule has 1 N–H and O–H groups in total. The second-order valence-electron chi connectivity index (χ2n) is 3.66. The van der Waals surface area contributed by atoms with E-state index in [2.05, 4.69) is 26.4 Å². The van der Waals surface area contributed by atoms with Gasteiger partial charge in [-0.25, -0.2) is 0 Å². The van der Waals surface area contributed by atoms with Crippen molar-refractivity contribution in [3.8, 4) is 0 Å². The molecule has 1 amide bonds. The Bertz CT molecular complexity index is 527. The number of halogens is 1. The molecule has 0 bridgehead atoms. The van der Waals surface area contributed by atoms with E-state index in [1.54, 1.807) is 13.8 Å². The highest BCUT2D eigenvalue weighted by Crippen LogP contribution is 2.17. The molecule has 1 heterocycles. The first-order valence-electron chi connectivity index (χ1n) is 5.07. The van der Waals surface area contributed by atoms with Crippen molar-refractivity contribution >= 4 is 27.5 Å². The van der Waals surface area contributed by atoms with E-state index in [1.807, 2.05) is 24.3 Å². The van der Waals surface area contributed by atoms with Gasteiger partial charge in [0, 0.05) is 10.2 Å². The maximum atomic E-state index is 12.0. The van der Waals surface area contributed by atoms with Crippen LogP contribution in [0.25, 0.3) is 0 Å².